The first-order valence-electron chi connectivity index (χ1n) is 9.13. The average molecular weight is 347 g/mol. The summed E-state index contributed by atoms with van der Waals surface area (Å²) in [6.45, 7) is 3.44. The minimum Gasteiger partial charge on any atom is -0.368 e. The molecular formula is C19H26FN3O2. The van der Waals surface area contributed by atoms with Crippen LogP contribution in [0.1, 0.15) is 50.6 Å². The molecule has 2 aliphatic rings. The molecule has 2 amide bonds. The summed E-state index contributed by atoms with van der Waals surface area (Å²) in [6, 6.07) is 5.66. The zero-order chi connectivity index (χ0) is 18.0. The maximum absolute atomic E-state index is 13.3. The molecule has 0 unspecified atom stereocenters. The Kier molecular flexibility index (Phi) is 5.37. The van der Waals surface area contributed by atoms with E-state index in [9.17, 15) is 14.0 Å². The monoisotopic (exact) mass is 347 g/mol. The fraction of sp³-hybridized carbons (Fsp3) is 0.579. The molecule has 0 radical (unpaired) electrons. The Morgan fingerprint density at radius 2 is 1.80 bits per heavy atom. The lowest BCUT2D eigenvalue weighted by atomic mass is 9.98. The molecule has 0 aromatic heterocycles. The average Bonchev–Trinajstić information content (AvgIpc) is 3.24. The summed E-state index contributed by atoms with van der Waals surface area (Å²) in [5.74, 6) is -0.586. The van der Waals surface area contributed by atoms with Gasteiger partial charge in [0.05, 0.1) is 0 Å². The van der Waals surface area contributed by atoms with Crippen molar-refractivity contribution in [3.8, 4) is 0 Å². The van der Waals surface area contributed by atoms with Crippen molar-refractivity contribution in [1.82, 2.24) is 9.80 Å². The maximum Gasteiger partial charge on any atom is 0.239 e. The molecule has 2 heterocycles. The molecule has 1 aromatic carbocycles. The van der Waals surface area contributed by atoms with Gasteiger partial charge >= 0.3 is 0 Å². The third kappa shape index (κ3) is 3.54. The van der Waals surface area contributed by atoms with Crippen LogP contribution in [0.4, 0.5) is 4.39 Å². The number of carbonyl (C=O) groups excluding carboxylic acids is 2. The second-order valence-electron chi connectivity index (χ2n) is 6.95. The van der Waals surface area contributed by atoms with Crippen molar-refractivity contribution in [2.75, 3.05) is 13.1 Å². The molecule has 0 spiro atoms. The van der Waals surface area contributed by atoms with Crippen molar-refractivity contribution in [3.63, 3.8) is 0 Å². The van der Waals surface area contributed by atoms with Crippen molar-refractivity contribution in [1.29, 1.82) is 0 Å². The van der Waals surface area contributed by atoms with Gasteiger partial charge in [-0.15, -0.1) is 0 Å². The summed E-state index contributed by atoms with van der Waals surface area (Å²) in [7, 11) is 0. The van der Waals surface area contributed by atoms with Crippen molar-refractivity contribution in [2.45, 2.75) is 57.2 Å². The number of hydrogen-bond donors (Lipinski definition) is 1. The standard InChI is InChI=1S/C19H26FN3O2/c1-2-17(24)22-11-3-5-15(22)16-6-4-12-23(16)18(19(21)25)13-7-9-14(20)10-8-13/h7-10,15-16,18H,2-6,11-12H2,1H3,(H2,21,25)/t15-,16+,18+/m1/s1. The fourth-order valence-electron chi connectivity index (χ4n) is 4.42. The van der Waals surface area contributed by atoms with Crippen LogP contribution in [0, 0.1) is 5.82 Å². The van der Waals surface area contributed by atoms with Gasteiger partial charge in [-0.3, -0.25) is 14.5 Å². The molecule has 25 heavy (non-hydrogen) atoms. The summed E-state index contributed by atoms with van der Waals surface area (Å²) >= 11 is 0. The number of primary amides is 1. The molecule has 3 rings (SSSR count). The minimum absolute atomic E-state index is 0.126. The molecule has 2 fully saturated rings. The molecule has 0 saturated carbocycles. The normalized spacial score (nSPS) is 25.3. The van der Waals surface area contributed by atoms with Crippen LogP contribution in [-0.4, -0.2) is 46.8 Å². The minimum atomic E-state index is -0.577. The van der Waals surface area contributed by atoms with Gasteiger partial charge in [-0.05, 0) is 49.9 Å². The summed E-state index contributed by atoms with van der Waals surface area (Å²) in [5.41, 5.74) is 6.43. The van der Waals surface area contributed by atoms with Crippen LogP contribution in [-0.2, 0) is 9.59 Å². The number of nitrogens with zero attached hydrogens (tertiary/aromatic N) is 2. The first-order valence-corrected chi connectivity index (χ1v) is 9.13. The first-order chi connectivity index (χ1) is 12.0. The summed E-state index contributed by atoms with van der Waals surface area (Å²) in [6.07, 6.45) is 4.38. The number of carbonyl (C=O) groups is 2. The number of likely N-dealkylation sites (tertiary alicyclic amines) is 2. The van der Waals surface area contributed by atoms with E-state index >= 15 is 0 Å². The van der Waals surface area contributed by atoms with Crippen LogP contribution in [0.15, 0.2) is 24.3 Å². The molecule has 2 N–H and O–H groups in total. The SMILES string of the molecule is CCC(=O)N1CCC[C@@H]1[C@@H]1CCCN1[C@H](C(N)=O)c1ccc(F)cc1. The van der Waals surface area contributed by atoms with E-state index in [1.165, 1.54) is 12.1 Å². The van der Waals surface area contributed by atoms with E-state index in [-0.39, 0.29) is 23.8 Å². The van der Waals surface area contributed by atoms with Gasteiger partial charge in [0.2, 0.25) is 11.8 Å². The molecule has 136 valence electrons. The van der Waals surface area contributed by atoms with Crippen LogP contribution < -0.4 is 5.73 Å². The molecule has 0 aliphatic carbocycles. The summed E-state index contributed by atoms with van der Waals surface area (Å²) < 4.78 is 13.3. The largest absolute Gasteiger partial charge is 0.368 e. The fourth-order valence-corrected chi connectivity index (χ4v) is 4.42. The van der Waals surface area contributed by atoms with Gasteiger partial charge in [-0.1, -0.05) is 19.1 Å². The number of benzene rings is 1. The lowest BCUT2D eigenvalue weighted by Crippen LogP contribution is -2.51. The third-order valence-electron chi connectivity index (χ3n) is 5.50. The van der Waals surface area contributed by atoms with Gasteiger partial charge in [0, 0.05) is 25.0 Å². The van der Waals surface area contributed by atoms with Crippen LogP contribution in [0.5, 0.6) is 0 Å². The second-order valence-corrected chi connectivity index (χ2v) is 6.95. The molecule has 1 aromatic rings. The molecule has 5 nitrogen and oxygen atoms in total. The van der Waals surface area contributed by atoms with E-state index in [1.807, 2.05) is 11.8 Å². The highest BCUT2D eigenvalue weighted by molar-refractivity contribution is 5.81. The van der Waals surface area contributed by atoms with Crippen LogP contribution in [0.3, 0.4) is 0 Å². The summed E-state index contributed by atoms with van der Waals surface area (Å²) in [5, 5.41) is 0. The predicted molar refractivity (Wildman–Crippen MR) is 93.1 cm³/mol. The molecule has 3 atom stereocenters. The van der Waals surface area contributed by atoms with Gasteiger partial charge < -0.3 is 10.6 Å². The Morgan fingerprint density at radius 3 is 2.44 bits per heavy atom. The summed E-state index contributed by atoms with van der Waals surface area (Å²) in [4.78, 5) is 28.6. The smallest absolute Gasteiger partial charge is 0.239 e. The number of hydrogen-bond acceptors (Lipinski definition) is 3. The zero-order valence-electron chi connectivity index (χ0n) is 14.7. The Labute approximate surface area is 148 Å². The number of amides is 2. The van der Waals surface area contributed by atoms with Crippen LogP contribution >= 0.6 is 0 Å². The highest BCUT2D eigenvalue weighted by Crippen LogP contribution is 2.36. The van der Waals surface area contributed by atoms with E-state index in [0.717, 1.165) is 38.8 Å². The van der Waals surface area contributed by atoms with Crippen molar-refractivity contribution in [2.24, 2.45) is 5.73 Å². The molecule has 6 heteroatoms. The Morgan fingerprint density at radius 1 is 1.16 bits per heavy atom. The van der Waals surface area contributed by atoms with Gasteiger partial charge in [-0.25, -0.2) is 4.39 Å². The van der Waals surface area contributed by atoms with E-state index in [0.29, 0.717) is 12.0 Å². The van der Waals surface area contributed by atoms with E-state index in [4.69, 9.17) is 5.73 Å². The second kappa shape index (κ2) is 7.52. The van der Waals surface area contributed by atoms with Gasteiger partial charge in [0.25, 0.3) is 0 Å². The number of nitrogens with two attached hydrogens (primary N) is 1. The van der Waals surface area contributed by atoms with E-state index < -0.39 is 11.9 Å². The zero-order valence-corrected chi connectivity index (χ0v) is 14.7. The quantitative estimate of drug-likeness (QED) is 0.888. The number of halogens is 1. The highest BCUT2D eigenvalue weighted by Gasteiger charge is 2.43. The Hall–Kier alpha value is -1.95. The molecule has 0 bridgehead atoms. The van der Waals surface area contributed by atoms with E-state index in [1.54, 1.807) is 12.1 Å². The third-order valence-corrected chi connectivity index (χ3v) is 5.50. The van der Waals surface area contributed by atoms with Gasteiger partial charge in [-0.2, -0.15) is 0 Å². The molecule has 2 saturated heterocycles. The predicted octanol–water partition coefficient (Wildman–Crippen LogP) is 2.22. The Bertz CT molecular complexity index is 634. The van der Waals surface area contributed by atoms with Crippen LogP contribution in [0.2, 0.25) is 0 Å². The Balaban J connectivity index is 1.87. The molecular weight excluding hydrogens is 321 g/mol. The van der Waals surface area contributed by atoms with Crippen LogP contribution in [0.25, 0.3) is 0 Å². The highest BCUT2D eigenvalue weighted by atomic mass is 19.1. The van der Waals surface area contributed by atoms with Crippen molar-refractivity contribution < 1.29 is 14.0 Å². The topological polar surface area (TPSA) is 66.6 Å². The van der Waals surface area contributed by atoms with Crippen molar-refractivity contribution in [3.05, 3.63) is 35.6 Å². The first kappa shape index (κ1) is 17.9. The van der Waals surface area contributed by atoms with Crippen molar-refractivity contribution >= 4 is 11.8 Å². The molecule has 2 aliphatic heterocycles. The van der Waals surface area contributed by atoms with Gasteiger partial charge in [0.15, 0.2) is 0 Å². The van der Waals surface area contributed by atoms with Gasteiger partial charge in [0.1, 0.15) is 11.9 Å². The lowest BCUT2D eigenvalue weighted by molar-refractivity contribution is -0.133. The maximum atomic E-state index is 13.3. The van der Waals surface area contributed by atoms with E-state index in [2.05, 4.69) is 4.90 Å². The lowest BCUT2D eigenvalue weighted by Gasteiger charge is -2.38. The number of rotatable bonds is 5.